The number of thiophene rings is 1. The normalized spacial score (nSPS) is 10.9. The Morgan fingerprint density at radius 3 is 2.28 bits per heavy atom. The van der Waals surface area contributed by atoms with Crippen LogP contribution in [0.5, 0.6) is 0 Å². The lowest BCUT2D eigenvalue weighted by Gasteiger charge is -2.04. The molecule has 1 heterocycles. The number of benzene rings is 1. The van der Waals surface area contributed by atoms with Crippen molar-refractivity contribution in [2.24, 2.45) is 0 Å². The average Bonchev–Trinajstić information content (AvgIpc) is 2.72. The van der Waals surface area contributed by atoms with Gasteiger partial charge in [0.25, 0.3) is 0 Å². The minimum atomic E-state index is -1.44. The van der Waals surface area contributed by atoms with Gasteiger partial charge in [-0.15, -0.1) is 11.3 Å². The minimum absolute atomic E-state index is 0.254. The third kappa shape index (κ3) is 3.25. The van der Waals surface area contributed by atoms with Crippen LogP contribution in [-0.4, -0.2) is 0 Å². The molecule has 2 aromatic rings. The number of rotatable bonds is 4. The zero-order chi connectivity index (χ0) is 13.1. The first-order valence-corrected chi connectivity index (χ1v) is 6.34. The molecule has 1 aromatic carbocycles. The van der Waals surface area contributed by atoms with Crippen LogP contribution in [0.15, 0.2) is 24.3 Å². The van der Waals surface area contributed by atoms with Crippen molar-refractivity contribution in [3.8, 4) is 0 Å². The predicted octanol–water partition coefficient (Wildman–Crippen LogP) is 4.11. The summed E-state index contributed by atoms with van der Waals surface area (Å²) in [6.45, 7) is 0.793. The number of hydrogen-bond acceptors (Lipinski definition) is 2. The van der Waals surface area contributed by atoms with Crippen molar-refractivity contribution in [3.63, 3.8) is 0 Å². The van der Waals surface area contributed by atoms with E-state index in [0.717, 1.165) is 17.0 Å². The quantitative estimate of drug-likeness (QED) is 0.836. The molecule has 0 saturated heterocycles. The molecule has 0 atom stereocenters. The molecule has 1 aromatic heterocycles. The van der Waals surface area contributed by atoms with Gasteiger partial charge >= 0.3 is 0 Å². The molecular formula is C12H9ClF3NS. The Hall–Kier alpha value is -1.04. The van der Waals surface area contributed by atoms with E-state index in [1.807, 2.05) is 6.07 Å². The zero-order valence-corrected chi connectivity index (χ0v) is 10.7. The van der Waals surface area contributed by atoms with Crippen molar-refractivity contribution >= 4 is 22.9 Å². The maximum atomic E-state index is 12.9. The van der Waals surface area contributed by atoms with Crippen LogP contribution in [0.4, 0.5) is 13.2 Å². The van der Waals surface area contributed by atoms with E-state index in [-0.39, 0.29) is 6.54 Å². The molecular weight excluding hydrogens is 283 g/mol. The molecule has 1 N–H and O–H groups in total. The molecule has 0 aliphatic heterocycles. The summed E-state index contributed by atoms with van der Waals surface area (Å²) in [5, 5.41) is 3.00. The molecule has 0 bridgehead atoms. The molecule has 0 spiro atoms. The summed E-state index contributed by atoms with van der Waals surface area (Å²) in [7, 11) is 0. The fraction of sp³-hybridized carbons (Fsp3) is 0.167. The standard InChI is InChI=1S/C12H9ClF3NS/c13-11-2-1-8(18-11)6-17-5-7-3-9(14)12(16)10(15)4-7/h1-4,17H,5-6H2. The molecule has 0 amide bonds. The Balaban J connectivity index is 1.94. The maximum absolute atomic E-state index is 12.9. The van der Waals surface area contributed by atoms with Crippen LogP contribution < -0.4 is 5.32 Å². The third-order valence-corrected chi connectivity index (χ3v) is 3.53. The highest BCUT2D eigenvalue weighted by molar-refractivity contribution is 7.16. The fourth-order valence-corrected chi connectivity index (χ4v) is 2.54. The smallest absolute Gasteiger partial charge is 0.194 e. The molecule has 0 aliphatic carbocycles. The summed E-state index contributed by atoms with van der Waals surface area (Å²) in [6.07, 6.45) is 0. The van der Waals surface area contributed by atoms with Crippen LogP contribution in [-0.2, 0) is 13.1 Å². The van der Waals surface area contributed by atoms with E-state index in [9.17, 15) is 13.2 Å². The highest BCUT2D eigenvalue weighted by Gasteiger charge is 2.10. The summed E-state index contributed by atoms with van der Waals surface area (Å²) in [6, 6.07) is 5.60. The average molecular weight is 292 g/mol. The molecule has 0 aliphatic rings. The van der Waals surface area contributed by atoms with Gasteiger partial charge < -0.3 is 5.32 Å². The molecule has 1 nitrogen and oxygen atoms in total. The van der Waals surface area contributed by atoms with Gasteiger partial charge in [0.2, 0.25) is 0 Å². The number of nitrogens with one attached hydrogen (secondary N) is 1. The van der Waals surface area contributed by atoms with Crippen molar-refractivity contribution in [3.05, 3.63) is 56.5 Å². The van der Waals surface area contributed by atoms with Gasteiger partial charge in [-0.1, -0.05) is 11.6 Å². The van der Waals surface area contributed by atoms with Crippen LogP contribution in [0.3, 0.4) is 0 Å². The Morgan fingerprint density at radius 1 is 1.06 bits per heavy atom. The zero-order valence-electron chi connectivity index (χ0n) is 9.14. The predicted molar refractivity (Wildman–Crippen MR) is 66.2 cm³/mol. The van der Waals surface area contributed by atoms with E-state index >= 15 is 0 Å². The first kappa shape index (κ1) is 13.4. The Bertz CT molecular complexity index is 533. The van der Waals surface area contributed by atoms with Crippen molar-refractivity contribution in [2.45, 2.75) is 13.1 Å². The molecule has 0 fully saturated rings. The SMILES string of the molecule is Fc1cc(CNCc2ccc(Cl)s2)cc(F)c1F. The largest absolute Gasteiger partial charge is 0.308 e. The summed E-state index contributed by atoms with van der Waals surface area (Å²) >= 11 is 7.19. The van der Waals surface area contributed by atoms with Gasteiger partial charge in [0.1, 0.15) is 0 Å². The van der Waals surface area contributed by atoms with Gasteiger partial charge in [-0.05, 0) is 29.8 Å². The summed E-state index contributed by atoms with van der Waals surface area (Å²) in [5.41, 5.74) is 0.356. The van der Waals surface area contributed by atoms with Gasteiger partial charge in [-0.25, -0.2) is 13.2 Å². The summed E-state index contributed by atoms with van der Waals surface area (Å²) in [5.74, 6) is -3.79. The highest BCUT2D eigenvalue weighted by atomic mass is 35.5. The van der Waals surface area contributed by atoms with Crippen LogP contribution in [0, 0.1) is 17.5 Å². The summed E-state index contributed by atoms with van der Waals surface area (Å²) in [4.78, 5) is 1.02. The molecule has 2 rings (SSSR count). The second kappa shape index (κ2) is 5.73. The Morgan fingerprint density at radius 2 is 1.72 bits per heavy atom. The minimum Gasteiger partial charge on any atom is -0.308 e. The first-order valence-electron chi connectivity index (χ1n) is 5.14. The highest BCUT2D eigenvalue weighted by Crippen LogP contribution is 2.21. The third-order valence-electron chi connectivity index (χ3n) is 2.30. The van der Waals surface area contributed by atoms with Gasteiger partial charge in [0, 0.05) is 18.0 Å². The van der Waals surface area contributed by atoms with E-state index < -0.39 is 17.5 Å². The van der Waals surface area contributed by atoms with E-state index in [2.05, 4.69) is 5.32 Å². The van der Waals surface area contributed by atoms with Crippen LogP contribution >= 0.6 is 22.9 Å². The topological polar surface area (TPSA) is 12.0 Å². The maximum Gasteiger partial charge on any atom is 0.194 e. The van der Waals surface area contributed by atoms with E-state index in [4.69, 9.17) is 11.6 Å². The lowest BCUT2D eigenvalue weighted by Crippen LogP contribution is -2.12. The van der Waals surface area contributed by atoms with Gasteiger partial charge in [0.15, 0.2) is 17.5 Å². The molecule has 0 unspecified atom stereocenters. The lowest BCUT2D eigenvalue weighted by atomic mass is 10.2. The molecule has 0 radical (unpaired) electrons. The van der Waals surface area contributed by atoms with Gasteiger partial charge in [0.05, 0.1) is 4.34 Å². The van der Waals surface area contributed by atoms with Crippen LogP contribution in [0.2, 0.25) is 4.34 Å². The molecule has 0 saturated carbocycles. The number of hydrogen-bond donors (Lipinski definition) is 1. The fourth-order valence-electron chi connectivity index (χ4n) is 1.49. The molecule has 96 valence electrons. The Labute approximate surface area is 111 Å². The van der Waals surface area contributed by atoms with Gasteiger partial charge in [-0.3, -0.25) is 0 Å². The van der Waals surface area contributed by atoms with Crippen molar-refractivity contribution in [1.29, 1.82) is 0 Å². The second-order valence-corrected chi connectivity index (χ2v) is 5.48. The van der Waals surface area contributed by atoms with Gasteiger partial charge in [-0.2, -0.15) is 0 Å². The van der Waals surface area contributed by atoms with Crippen molar-refractivity contribution in [1.82, 2.24) is 5.32 Å². The summed E-state index contributed by atoms with van der Waals surface area (Å²) < 4.78 is 39.3. The molecule has 18 heavy (non-hydrogen) atoms. The van der Waals surface area contributed by atoms with Crippen LogP contribution in [0.25, 0.3) is 0 Å². The monoisotopic (exact) mass is 291 g/mol. The number of halogens is 4. The van der Waals surface area contributed by atoms with Crippen molar-refractivity contribution in [2.75, 3.05) is 0 Å². The van der Waals surface area contributed by atoms with E-state index in [0.29, 0.717) is 16.4 Å². The van der Waals surface area contributed by atoms with E-state index in [1.54, 1.807) is 6.07 Å². The molecule has 6 heteroatoms. The van der Waals surface area contributed by atoms with Crippen LogP contribution in [0.1, 0.15) is 10.4 Å². The lowest BCUT2D eigenvalue weighted by molar-refractivity contribution is 0.444. The Kier molecular flexibility index (Phi) is 4.27. The van der Waals surface area contributed by atoms with Crippen molar-refractivity contribution < 1.29 is 13.2 Å². The second-order valence-electron chi connectivity index (χ2n) is 3.68. The first-order chi connectivity index (χ1) is 8.56. The van der Waals surface area contributed by atoms with E-state index in [1.165, 1.54) is 11.3 Å².